The van der Waals surface area contributed by atoms with Gasteiger partial charge < -0.3 is 5.32 Å². The number of sulfone groups is 1. The average molecular weight is 288 g/mol. The summed E-state index contributed by atoms with van der Waals surface area (Å²) in [6, 6.07) is 5.08. The second-order valence-corrected chi connectivity index (χ2v) is 5.53. The van der Waals surface area contributed by atoms with Crippen molar-refractivity contribution < 1.29 is 17.2 Å². The average Bonchev–Trinajstić information content (AvgIpc) is 2.90. The van der Waals surface area contributed by atoms with E-state index in [4.69, 9.17) is 0 Å². The first kappa shape index (κ1) is 13.4. The lowest BCUT2D eigenvalue weighted by atomic mass is 10.3. The number of nitrogens with zero attached hydrogens (tertiary/aromatic N) is 2. The Morgan fingerprint density at radius 1 is 1.26 bits per heavy atom. The fourth-order valence-corrected chi connectivity index (χ4v) is 2.09. The molecule has 0 spiro atoms. The maximum Gasteiger partial charge on any atom is 0.341 e. The molecule has 9 heteroatoms. The number of hydrogen-bond acceptors (Lipinski definition) is 5. The third-order valence-electron chi connectivity index (χ3n) is 2.34. The van der Waals surface area contributed by atoms with E-state index in [1.54, 1.807) is 0 Å². The van der Waals surface area contributed by atoms with E-state index in [1.165, 1.54) is 18.5 Å². The van der Waals surface area contributed by atoms with Crippen LogP contribution in [0.3, 0.4) is 0 Å². The zero-order valence-electron chi connectivity index (χ0n) is 9.55. The molecule has 0 saturated carbocycles. The molecule has 0 radical (unpaired) electrons. The molecule has 2 rings (SSSR count). The third kappa shape index (κ3) is 3.05. The van der Waals surface area contributed by atoms with Gasteiger partial charge in [-0.15, -0.1) is 0 Å². The van der Waals surface area contributed by atoms with Crippen LogP contribution < -0.4 is 5.32 Å². The summed E-state index contributed by atoms with van der Waals surface area (Å²) in [5.74, 6) is -2.82. The second-order valence-electron chi connectivity index (χ2n) is 3.62. The number of benzene rings is 1. The van der Waals surface area contributed by atoms with Crippen LogP contribution in [-0.4, -0.2) is 29.4 Å². The molecule has 6 nitrogen and oxygen atoms in total. The molecule has 0 atom stereocenters. The third-order valence-corrected chi connectivity index (χ3v) is 3.74. The smallest absolute Gasteiger partial charge is 0.341 e. The molecule has 2 aromatic rings. The van der Waals surface area contributed by atoms with E-state index in [2.05, 4.69) is 20.5 Å². The maximum atomic E-state index is 12.3. The Labute approximate surface area is 107 Å². The second kappa shape index (κ2) is 5.31. The van der Waals surface area contributed by atoms with Crippen molar-refractivity contribution in [2.24, 2.45) is 0 Å². The minimum absolute atomic E-state index is 0.362. The number of rotatable bonds is 5. The fraction of sp³-hybridized carbons (Fsp3) is 0.200. The molecule has 2 N–H and O–H groups in total. The Morgan fingerprint density at radius 2 is 1.95 bits per heavy atom. The zero-order chi connectivity index (χ0) is 13.9. The van der Waals surface area contributed by atoms with Crippen LogP contribution in [-0.2, 0) is 16.4 Å². The molecule has 0 aliphatic rings. The van der Waals surface area contributed by atoms with Crippen molar-refractivity contribution in [3.63, 3.8) is 0 Å². The van der Waals surface area contributed by atoms with Crippen LogP contribution in [0.15, 0.2) is 35.5 Å². The predicted molar refractivity (Wildman–Crippen MR) is 63.3 cm³/mol. The summed E-state index contributed by atoms with van der Waals surface area (Å²) in [6.07, 6.45) is 1.36. The number of nitrogens with one attached hydrogen (secondary N) is 2. The Balaban J connectivity index is 2.07. The van der Waals surface area contributed by atoms with Gasteiger partial charge in [0.2, 0.25) is 9.84 Å². The van der Waals surface area contributed by atoms with E-state index in [1.807, 2.05) is 0 Å². The molecule has 102 valence electrons. The van der Waals surface area contributed by atoms with E-state index in [9.17, 15) is 17.2 Å². The number of halogens is 2. The van der Waals surface area contributed by atoms with E-state index in [0.29, 0.717) is 18.1 Å². The van der Waals surface area contributed by atoms with Crippen LogP contribution in [0.25, 0.3) is 0 Å². The van der Waals surface area contributed by atoms with Crippen molar-refractivity contribution in [1.82, 2.24) is 15.2 Å². The van der Waals surface area contributed by atoms with Crippen molar-refractivity contribution in [3.05, 3.63) is 36.4 Å². The quantitative estimate of drug-likeness (QED) is 0.868. The molecule has 0 unspecified atom stereocenters. The van der Waals surface area contributed by atoms with E-state index >= 15 is 0 Å². The van der Waals surface area contributed by atoms with Gasteiger partial charge in [0, 0.05) is 5.69 Å². The molecule has 0 amide bonds. The summed E-state index contributed by atoms with van der Waals surface area (Å²) in [7, 11) is -4.54. The van der Waals surface area contributed by atoms with Crippen LogP contribution in [0.4, 0.5) is 14.5 Å². The van der Waals surface area contributed by atoms with Gasteiger partial charge in [-0.05, 0) is 24.3 Å². The summed E-state index contributed by atoms with van der Waals surface area (Å²) in [5.41, 5.74) is 0.588. The topological polar surface area (TPSA) is 87.7 Å². The van der Waals surface area contributed by atoms with Crippen LogP contribution in [0, 0.1) is 0 Å². The molecule has 0 saturated heterocycles. The molecule has 19 heavy (non-hydrogen) atoms. The van der Waals surface area contributed by atoms with Gasteiger partial charge in [0.25, 0.3) is 0 Å². The first-order valence-corrected chi connectivity index (χ1v) is 6.75. The Hall–Kier alpha value is -2.03. The molecular weight excluding hydrogens is 278 g/mol. The minimum atomic E-state index is -4.54. The highest BCUT2D eigenvalue weighted by molar-refractivity contribution is 7.91. The van der Waals surface area contributed by atoms with Gasteiger partial charge in [-0.3, -0.25) is 5.10 Å². The molecule has 1 aromatic heterocycles. The number of alkyl halides is 2. The van der Waals surface area contributed by atoms with Gasteiger partial charge in [-0.2, -0.15) is 13.9 Å². The first-order chi connectivity index (χ1) is 9.00. The highest BCUT2D eigenvalue weighted by Crippen LogP contribution is 2.20. The number of hydrogen-bond donors (Lipinski definition) is 2. The van der Waals surface area contributed by atoms with Gasteiger partial charge in [0.05, 0.1) is 11.4 Å². The number of anilines is 1. The zero-order valence-corrected chi connectivity index (χ0v) is 10.4. The predicted octanol–water partition coefficient (Wildman–Crippen LogP) is 1.41. The molecule has 1 heterocycles. The van der Waals surface area contributed by atoms with Crippen molar-refractivity contribution in [2.75, 3.05) is 5.32 Å². The van der Waals surface area contributed by atoms with Crippen molar-refractivity contribution >= 4 is 15.5 Å². The Kier molecular flexibility index (Phi) is 3.74. The fourth-order valence-electron chi connectivity index (χ4n) is 1.37. The van der Waals surface area contributed by atoms with E-state index in [0.717, 1.165) is 12.1 Å². The van der Waals surface area contributed by atoms with Crippen LogP contribution in [0.1, 0.15) is 5.82 Å². The summed E-state index contributed by atoms with van der Waals surface area (Å²) >= 11 is 0. The molecule has 0 bridgehead atoms. The largest absolute Gasteiger partial charge is 0.378 e. The van der Waals surface area contributed by atoms with Gasteiger partial charge in [0.15, 0.2) is 0 Å². The van der Waals surface area contributed by atoms with Gasteiger partial charge >= 0.3 is 5.76 Å². The lowest BCUT2D eigenvalue weighted by Gasteiger charge is -2.06. The first-order valence-electron chi connectivity index (χ1n) is 5.20. The van der Waals surface area contributed by atoms with Gasteiger partial charge in [0.1, 0.15) is 12.2 Å². The normalized spacial score (nSPS) is 11.7. The molecular formula is C10H10F2N4O2S. The van der Waals surface area contributed by atoms with Crippen molar-refractivity contribution in [3.8, 4) is 0 Å². The maximum absolute atomic E-state index is 12.3. The highest BCUT2D eigenvalue weighted by Gasteiger charge is 2.26. The molecule has 0 fully saturated rings. The summed E-state index contributed by atoms with van der Waals surface area (Å²) < 4.78 is 47.0. The van der Waals surface area contributed by atoms with Crippen molar-refractivity contribution in [2.45, 2.75) is 17.2 Å². The van der Waals surface area contributed by atoms with Gasteiger partial charge in [-0.25, -0.2) is 13.4 Å². The minimum Gasteiger partial charge on any atom is -0.378 e. The van der Waals surface area contributed by atoms with Gasteiger partial charge in [-0.1, -0.05) is 0 Å². The molecule has 0 aliphatic carbocycles. The summed E-state index contributed by atoms with van der Waals surface area (Å²) in [5, 5.41) is 9.24. The lowest BCUT2D eigenvalue weighted by molar-refractivity contribution is 0.234. The van der Waals surface area contributed by atoms with E-state index < -0.39 is 20.5 Å². The Morgan fingerprint density at radius 3 is 2.47 bits per heavy atom. The molecule has 0 aliphatic heterocycles. The Bertz CT molecular complexity index is 626. The molecule has 1 aromatic carbocycles. The standard InChI is InChI=1S/C10H10F2N4O2S/c11-10(12)19(17,18)8-3-1-7(2-4-8)13-5-9-14-6-15-16-9/h1-4,6,10,13H,5H2,(H,14,15,16). The SMILES string of the molecule is O=S(=O)(c1ccc(NCc2ncn[nH]2)cc1)C(F)F. The summed E-state index contributed by atoms with van der Waals surface area (Å²) in [4.78, 5) is 3.48. The number of aromatic amines is 1. The van der Waals surface area contributed by atoms with Crippen LogP contribution in [0.5, 0.6) is 0 Å². The number of aromatic nitrogens is 3. The van der Waals surface area contributed by atoms with Crippen LogP contribution in [0.2, 0.25) is 0 Å². The van der Waals surface area contributed by atoms with E-state index in [-0.39, 0.29) is 0 Å². The summed E-state index contributed by atoms with van der Waals surface area (Å²) in [6.45, 7) is 0.362. The highest BCUT2D eigenvalue weighted by atomic mass is 32.2. The lowest BCUT2D eigenvalue weighted by Crippen LogP contribution is -2.11. The monoisotopic (exact) mass is 288 g/mol. The van der Waals surface area contributed by atoms with Crippen LogP contribution >= 0.6 is 0 Å². The van der Waals surface area contributed by atoms with Crippen molar-refractivity contribution in [1.29, 1.82) is 0 Å². The number of H-pyrrole nitrogens is 1.